The molecule has 0 fully saturated rings. The molecule has 0 unspecified atom stereocenters. The van der Waals surface area contributed by atoms with E-state index in [-0.39, 0.29) is 0 Å². The highest BCUT2D eigenvalue weighted by molar-refractivity contribution is 7.16. The fourth-order valence-corrected chi connectivity index (χ4v) is 2.25. The zero-order valence-electron chi connectivity index (χ0n) is 7.31. The summed E-state index contributed by atoms with van der Waals surface area (Å²) in [7, 11) is 0. The van der Waals surface area contributed by atoms with E-state index in [0.717, 1.165) is 21.7 Å². The van der Waals surface area contributed by atoms with Crippen LogP contribution in [0.15, 0.2) is 10.8 Å². The summed E-state index contributed by atoms with van der Waals surface area (Å²) in [5.41, 5.74) is 2.02. The Hall–Kier alpha value is -0.940. The number of hydrogen-bond donors (Lipinski definition) is 0. The average Bonchev–Trinajstić information content (AvgIpc) is 2.62. The maximum Gasteiger partial charge on any atom is 0.0666 e. The molecular formula is C8H8N3S2-. The van der Waals surface area contributed by atoms with E-state index in [4.69, 9.17) is 0 Å². The molecule has 3 nitrogen and oxygen atoms in total. The van der Waals surface area contributed by atoms with Gasteiger partial charge in [0.1, 0.15) is 0 Å². The van der Waals surface area contributed by atoms with Crippen molar-refractivity contribution in [1.82, 2.24) is 9.97 Å². The van der Waals surface area contributed by atoms with Crippen LogP contribution in [0.3, 0.4) is 0 Å². The van der Waals surface area contributed by atoms with Crippen LogP contribution in [0.4, 0.5) is 10.3 Å². The quantitative estimate of drug-likeness (QED) is 0.760. The molecule has 2 rings (SSSR count). The Balaban J connectivity index is 2.14. The van der Waals surface area contributed by atoms with Crippen LogP contribution >= 0.6 is 22.7 Å². The minimum Gasteiger partial charge on any atom is -0.356 e. The highest BCUT2D eigenvalue weighted by Gasteiger charge is 1.93. The molecule has 0 spiro atoms. The molecule has 0 saturated heterocycles. The van der Waals surface area contributed by atoms with E-state index in [1.54, 1.807) is 22.7 Å². The smallest absolute Gasteiger partial charge is 0.0666 e. The van der Waals surface area contributed by atoms with E-state index in [1.807, 2.05) is 24.6 Å². The van der Waals surface area contributed by atoms with Crippen molar-refractivity contribution in [2.45, 2.75) is 13.8 Å². The van der Waals surface area contributed by atoms with E-state index in [2.05, 4.69) is 15.3 Å². The molecular weight excluding hydrogens is 202 g/mol. The lowest BCUT2D eigenvalue weighted by molar-refractivity contribution is 1.25. The summed E-state index contributed by atoms with van der Waals surface area (Å²) in [6.45, 7) is 3.92. The van der Waals surface area contributed by atoms with Crippen molar-refractivity contribution in [3.63, 3.8) is 0 Å². The van der Waals surface area contributed by atoms with Crippen molar-refractivity contribution >= 4 is 32.9 Å². The first-order chi connectivity index (χ1) is 6.24. The molecule has 13 heavy (non-hydrogen) atoms. The van der Waals surface area contributed by atoms with Gasteiger partial charge in [0.15, 0.2) is 0 Å². The molecule has 0 aliphatic carbocycles. The van der Waals surface area contributed by atoms with E-state index in [1.165, 1.54) is 0 Å². The zero-order chi connectivity index (χ0) is 9.26. The third-order valence-electron chi connectivity index (χ3n) is 1.41. The third-order valence-corrected chi connectivity index (χ3v) is 3.11. The molecule has 5 heteroatoms. The topological polar surface area (TPSA) is 39.9 Å². The van der Waals surface area contributed by atoms with Crippen molar-refractivity contribution in [2.24, 2.45) is 0 Å². The Labute approximate surface area is 84.5 Å². The number of rotatable bonds is 2. The normalized spacial score (nSPS) is 10.3. The Kier molecular flexibility index (Phi) is 2.28. The fourth-order valence-electron chi connectivity index (χ4n) is 0.868. The Morgan fingerprint density at radius 3 is 1.77 bits per heavy atom. The van der Waals surface area contributed by atoms with Crippen molar-refractivity contribution in [3.8, 4) is 0 Å². The standard InChI is InChI=1S/C8H8N3S2/c1-5-3-12-7(9-5)11-8-10-6(2)4-13-8/h3-4H,1-2H3/q-1. The van der Waals surface area contributed by atoms with Gasteiger partial charge in [0.2, 0.25) is 0 Å². The summed E-state index contributed by atoms with van der Waals surface area (Å²) >= 11 is 3.09. The predicted molar refractivity (Wildman–Crippen MR) is 56.4 cm³/mol. The number of nitrogens with zero attached hydrogens (tertiary/aromatic N) is 3. The molecule has 0 aromatic carbocycles. The monoisotopic (exact) mass is 210 g/mol. The van der Waals surface area contributed by atoms with Crippen molar-refractivity contribution in [3.05, 3.63) is 27.5 Å². The molecule has 2 heterocycles. The van der Waals surface area contributed by atoms with Gasteiger partial charge >= 0.3 is 0 Å². The van der Waals surface area contributed by atoms with Gasteiger partial charge in [-0.3, -0.25) is 0 Å². The number of hydrogen-bond acceptors (Lipinski definition) is 4. The first kappa shape index (κ1) is 8.65. The van der Waals surface area contributed by atoms with Gasteiger partial charge in [-0.1, -0.05) is 0 Å². The summed E-state index contributed by atoms with van der Waals surface area (Å²) in [5, 5.41) is 9.84. The van der Waals surface area contributed by atoms with Crippen LogP contribution in [0, 0.1) is 13.8 Å². The Morgan fingerprint density at radius 1 is 1.00 bits per heavy atom. The van der Waals surface area contributed by atoms with Gasteiger partial charge in [-0.15, -0.1) is 22.7 Å². The second kappa shape index (κ2) is 3.43. The molecule has 0 aliphatic rings. The van der Waals surface area contributed by atoms with E-state index < -0.39 is 0 Å². The maximum absolute atomic E-state index is 4.30. The molecule has 0 radical (unpaired) electrons. The fraction of sp³-hybridized carbons (Fsp3) is 0.250. The van der Waals surface area contributed by atoms with Crippen LogP contribution in [0.1, 0.15) is 11.4 Å². The van der Waals surface area contributed by atoms with Crippen LogP contribution < -0.4 is 0 Å². The van der Waals surface area contributed by atoms with Crippen molar-refractivity contribution in [2.75, 3.05) is 0 Å². The Bertz CT molecular complexity index is 367. The van der Waals surface area contributed by atoms with Crippen LogP contribution in [-0.2, 0) is 0 Å². The van der Waals surface area contributed by atoms with Crippen molar-refractivity contribution in [1.29, 1.82) is 0 Å². The molecule has 0 bridgehead atoms. The van der Waals surface area contributed by atoms with Crippen molar-refractivity contribution < 1.29 is 0 Å². The molecule has 68 valence electrons. The van der Waals surface area contributed by atoms with Gasteiger partial charge in [-0.25, -0.2) is 0 Å². The van der Waals surface area contributed by atoms with Gasteiger partial charge in [0.05, 0.1) is 10.3 Å². The molecule has 0 amide bonds. The first-order valence-electron chi connectivity index (χ1n) is 3.80. The third kappa shape index (κ3) is 2.05. The average molecular weight is 210 g/mol. The second-order valence-corrected chi connectivity index (χ2v) is 4.33. The highest BCUT2D eigenvalue weighted by Crippen LogP contribution is 2.34. The number of aryl methyl sites for hydroxylation is 2. The predicted octanol–water partition coefficient (Wildman–Crippen LogP) is 3.55. The lowest BCUT2D eigenvalue weighted by Gasteiger charge is -2.02. The van der Waals surface area contributed by atoms with E-state index >= 15 is 0 Å². The molecule has 0 saturated carbocycles. The molecule has 2 aromatic heterocycles. The van der Waals surface area contributed by atoms with Gasteiger partial charge in [-0.2, -0.15) is 0 Å². The first-order valence-corrected chi connectivity index (χ1v) is 5.56. The minimum absolute atomic E-state index is 0.784. The maximum atomic E-state index is 4.30. The SMILES string of the molecule is Cc1csc([N-]c2nc(C)cs2)n1. The minimum atomic E-state index is 0.784. The Morgan fingerprint density at radius 2 is 1.46 bits per heavy atom. The van der Waals surface area contributed by atoms with Crippen LogP contribution in [-0.4, -0.2) is 9.97 Å². The number of thiazole rings is 2. The van der Waals surface area contributed by atoms with E-state index in [9.17, 15) is 0 Å². The van der Waals surface area contributed by atoms with Crippen LogP contribution in [0.2, 0.25) is 0 Å². The van der Waals surface area contributed by atoms with Crippen LogP contribution in [0.5, 0.6) is 0 Å². The number of aromatic nitrogens is 2. The summed E-state index contributed by atoms with van der Waals surface area (Å²) in [5.74, 6) is 0. The summed E-state index contributed by atoms with van der Waals surface area (Å²) in [6.07, 6.45) is 0. The van der Waals surface area contributed by atoms with Gasteiger partial charge in [0.25, 0.3) is 0 Å². The summed E-state index contributed by atoms with van der Waals surface area (Å²) in [6, 6.07) is 0. The second-order valence-electron chi connectivity index (χ2n) is 2.65. The highest BCUT2D eigenvalue weighted by atomic mass is 32.1. The van der Waals surface area contributed by atoms with E-state index in [0.29, 0.717) is 0 Å². The molecule has 2 aromatic rings. The molecule has 0 aliphatic heterocycles. The van der Waals surface area contributed by atoms with Gasteiger partial charge in [0, 0.05) is 0 Å². The van der Waals surface area contributed by atoms with Crippen LogP contribution in [0.25, 0.3) is 5.32 Å². The molecule has 0 atom stereocenters. The van der Waals surface area contributed by atoms with Gasteiger partial charge in [-0.05, 0) is 36.0 Å². The van der Waals surface area contributed by atoms with Gasteiger partial charge < -0.3 is 15.3 Å². The zero-order valence-corrected chi connectivity index (χ0v) is 8.95. The molecule has 0 N–H and O–H groups in total. The largest absolute Gasteiger partial charge is 0.356 e. The summed E-state index contributed by atoms with van der Waals surface area (Å²) < 4.78 is 0. The summed E-state index contributed by atoms with van der Waals surface area (Å²) in [4.78, 5) is 8.47. The lowest BCUT2D eigenvalue weighted by atomic mass is 10.6. The lowest BCUT2D eigenvalue weighted by Crippen LogP contribution is -1.69.